The lowest BCUT2D eigenvalue weighted by Crippen LogP contribution is -2.16. The van der Waals surface area contributed by atoms with Gasteiger partial charge in [-0.3, -0.25) is 0 Å². The van der Waals surface area contributed by atoms with E-state index in [1.165, 1.54) is 18.2 Å². The zero-order valence-corrected chi connectivity index (χ0v) is 10.1. The van der Waals surface area contributed by atoms with Gasteiger partial charge in [-0.1, -0.05) is 12.1 Å². The summed E-state index contributed by atoms with van der Waals surface area (Å²) in [7, 11) is -3.59. The van der Waals surface area contributed by atoms with Gasteiger partial charge < -0.3 is 4.74 Å². The van der Waals surface area contributed by atoms with Crippen molar-refractivity contribution in [3.05, 3.63) is 30.1 Å². The normalized spacial score (nSPS) is 12.0. The lowest BCUT2D eigenvalue weighted by atomic mass is 10.3. The van der Waals surface area contributed by atoms with Crippen LogP contribution in [-0.2, 0) is 14.6 Å². The number of hydrogen-bond acceptors (Lipinski definition) is 3. The largest absolute Gasteiger partial charge is 0.378 e. The van der Waals surface area contributed by atoms with Gasteiger partial charge in [-0.05, 0) is 26.0 Å². The Morgan fingerprint density at radius 3 is 2.50 bits per heavy atom. The van der Waals surface area contributed by atoms with Crippen molar-refractivity contribution in [3.63, 3.8) is 0 Å². The highest BCUT2D eigenvalue weighted by Crippen LogP contribution is 2.15. The molecule has 3 nitrogen and oxygen atoms in total. The van der Waals surface area contributed by atoms with Crippen molar-refractivity contribution in [1.29, 1.82) is 0 Å². The van der Waals surface area contributed by atoms with Gasteiger partial charge in [0.05, 0.1) is 18.5 Å². The first-order chi connectivity index (χ1) is 7.43. The van der Waals surface area contributed by atoms with E-state index in [1.807, 2.05) is 13.8 Å². The van der Waals surface area contributed by atoms with Crippen LogP contribution < -0.4 is 0 Å². The highest BCUT2D eigenvalue weighted by molar-refractivity contribution is 7.91. The van der Waals surface area contributed by atoms with Gasteiger partial charge in [-0.15, -0.1) is 0 Å². The maximum atomic E-state index is 13.3. The number of halogens is 1. The van der Waals surface area contributed by atoms with E-state index >= 15 is 0 Å². The van der Waals surface area contributed by atoms with Crippen molar-refractivity contribution in [3.8, 4) is 0 Å². The molecule has 0 saturated heterocycles. The smallest absolute Gasteiger partial charge is 0.183 e. The monoisotopic (exact) mass is 246 g/mol. The molecule has 0 aliphatic rings. The highest BCUT2D eigenvalue weighted by Gasteiger charge is 2.18. The molecule has 0 radical (unpaired) electrons. The minimum Gasteiger partial charge on any atom is -0.378 e. The van der Waals surface area contributed by atoms with Crippen LogP contribution in [0.5, 0.6) is 0 Å². The second-order valence-electron chi connectivity index (χ2n) is 3.67. The molecule has 0 aliphatic carbocycles. The molecule has 16 heavy (non-hydrogen) atoms. The summed E-state index contributed by atoms with van der Waals surface area (Å²) in [6.45, 7) is 3.71. The first-order valence-electron chi connectivity index (χ1n) is 5.02. The molecule has 0 atom stereocenters. The van der Waals surface area contributed by atoms with Crippen molar-refractivity contribution in [2.75, 3.05) is 12.4 Å². The van der Waals surface area contributed by atoms with Crippen LogP contribution >= 0.6 is 0 Å². The Hall–Kier alpha value is -0.940. The third-order valence-electron chi connectivity index (χ3n) is 1.97. The second-order valence-corrected chi connectivity index (χ2v) is 5.75. The summed E-state index contributed by atoms with van der Waals surface area (Å²) in [4.78, 5) is -0.262. The highest BCUT2D eigenvalue weighted by atomic mass is 32.2. The fourth-order valence-corrected chi connectivity index (χ4v) is 2.39. The van der Waals surface area contributed by atoms with Gasteiger partial charge in [-0.25, -0.2) is 12.8 Å². The first kappa shape index (κ1) is 13.1. The number of ether oxygens (including phenoxy) is 1. The Balaban J connectivity index is 2.75. The molecular weight excluding hydrogens is 231 g/mol. The van der Waals surface area contributed by atoms with Crippen LogP contribution in [0.25, 0.3) is 0 Å². The summed E-state index contributed by atoms with van der Waals surface area (Å²) in [5, 5.41) is 0. The van der Waals surface area contributed by atoms with Gasteiger partial charge in [0.15, 0.2) is 9.84 Å². The van der Waals surface area contributed by atoms with Gasteiger partial charge in [0, 0.05) is 0 Å². The lowest BCUT2D eigenvalue weighted by Gasteiger charge is -2.08. The molecule has 0 spiro atoms. The molecule has 0 aromatic heterocycles. The summed E-state index contributed by atoms with van der Waals surface area (Å²) in [5.41, 5.74) is 0. The number of rotatable bonds is 5. The molecule has 0 heterocycles. The molecule has 1 rings (SSSR count). The topological polar surface area (TPSA) is 43.4 Å². The molecular formula is C11H15FO3S. The van der Waals surface area contributed by atoms with Crippen LogP contribution in [0.3, 0.4) is 0 Å². The average Bonchev–Trinajstić information content (AvgIpc) is 2.17. The molecule has 0 N–H and O–H groups in total. The standard InChI is InChI=1S/C11H15FO3S/c1-9(2)15-7-8-16(13,14)11-6-4-3-5-10(11)12/h3-6,9H,7-8H2,1-2H3. The van der Waals surface area contributed by atoms with Crippen LogP contribution in [0.4, 0.5) is 4.39 Å². The molecule has 0 saturated carbocycles. The maximum absolute atomic E-state index is 13.3. The average molecular weight is 246 g/mol. The number of hydrogen-bond donors (Lipinski definition) is 0. The summed E-state index contributed by atoms with van der Waals surface area (Å²) < 4.78 is 41.8. The quantitative estimate of drug-likeness (QED) is 0.798. The first-order valence-corrected chi connectivity index (χ1v) is 6.67. The Bertz CT molecular complexity index is 440. The molecule has 0 fully saturated rings. The molecule has 90 valence electrons. The zero-order chi connectivity index (χ0) is 12.2. The molecule has 0 aliphatic heterocycles. The van der Waals surface area contributed by atoms with E-state index in [2.05, 4.69) is 0 Å². The molecule has 0 bridgehead atoms. The van der Waals surface area contributed by atoms with Gasteiger partial charge in [0.25, 0.3) is 0 Å². The number of sulfone groups is 1. The molecule has 5 heteroatoms. The van der Waals surface area contributed by atoms with Gasteiger partial charge in [0.2, 0.25) is 0 Å². The van der Waals surface area contributed by atoms with E-state index in [-0.39, 0.29) is 23.4 Å². The van der Waals surface area contributed by atoms with Crippen LogP contribution in [0.15, 0.2) is 29.2 Å². The Morgan fingerprint density at radius 1 is 1.31 bits per heavy atom. The van der Waals surface area contributed by atoms with Crippen molar-refractivity contribution in [2.45, 2.75) is 24.8 Å². The predicted molar refractivity (Wildman–Crippen MR) is 59.5 cm³/mol. The molecule has 0 amide bonds. The summed E-state index contributed by atoms with van der Waals surface area (Å²) in [5.74, 6) is -0.918. The lowest BCUT2D eigenvalue weighted by molar-refractivity contribution is 0.0912. The van der Waals surface area contributed by atoms with Crippen LogP contribution in [0.1, 0.15) is 13.8 Å². The minimum absolute atomic E-state index is 0.0316. The number of benzene rings is 1. The molecule has 1 aromatic rings. The minimum atomic E-state index is -3.59. The zero-order valence-electron chi connectivity index (χ0n) is 9.31. The van der Waals surface area contributed by atoms with E-state index in [9.17, 15) is 12.8 Å². The molecule has 1 aromatic carbocycles. The third-order valence-corrected chi connectivity index (χ3v) is 3.68. The predicted octanol–water partition coefficient (Wildman–Crippen LogP) is 2.02. The van der Waals surface area contributed by atoms with Crippen LogP contribution in [0.2, 0.25) is 0 Å². The molecule has 0 unspecified atom stereocenters. The second kappa shape index (κ2) is 5.41. The van der Waals surface area contributed by atoms with Crippen molar-refractivity contribution in [2.24, 2.45) is 0 Å². The van der Waals surface area contributed by atoms with Gasteiger partial charge >= 0.3 is 0 Å². The fourth-order valence-electron chi connectivity index (χ4n) is 1.20. The van der Waals surface area contributed by atoms with Crippen molar-refractivity contribution < 1.29 is 17.5 Å². The summed E-state index contributed by atoms with van der Waals surface area (Å²) in [6, 6.07) is 5.36. The van der Waals surface area contributed by atoms with E-state index in [4.69, 9.17) is 4.74 Å². The fraction of sp³-hybridized carbons (Fsp3) is 0.455. The van der Waals surface area contributed by atoms with Gasteiger partial charge in [-0.2, -0.15) is 0 Å². The SMILES string of the molecule is CC(C)OCCS(=O)(=O)c1ccccc1F. The third kappa shape index (κ3) is 3.57. The Morgan fingerprint density at radius 2 is 1.94 bits per heavy atom. The van der Waals surface area contributed by atoms with Crippen molar-refractivity contribution >= 4 is 9.84 Å². The Labute approximate surface area is 95.2 Å². The van der Waals surface area contributed by atoms with Crippen LogP contribution in [-0.4, -0.2) is 26.9 Å². The van der Waals surface area contributed by atoms with Gasteiger partial charge in [0.1, 0.15) is 10.7 Å². The Kier molecular flexibility index (Phi) is 4.44. The van der Waals surface area contributed by atoms with E-state index < -0.39 is 15.7 Å². The van der Waals surface area contributed by atoms with Crippen molar-refractivity contribution in [1.82, 2.24) is 0 Å². The van der Waals surface area contributed by atoms with E-state index in [0.717, 1.165) is 6.07 Å². The van der Waals surface area contributed by atoms with E-state index in [1.54, 1.807) is 0 Å². The summed E-state index contributed by atoms with van der Waals surface area (Å²) in [6.07, 6.45) is -0.0316. The van der Waals surface area contributed by atoms with Crippen LogP contribution in [0, 0.1) is 5.82 Å². The summed E-state index contributed by atoms with van der Waals surface area (Å²) >= 11 is 0. The van der Waals surface area contributed by atoms with E-state index in [0.29, 0.717) is 0 Å². The maximum Gasteiger partial charge on any atom is 0.183 e.